The highest BCUT2D eigenvalue weighted by Crippen LogP contribution is 2.16. The first-order chi connectivity index (χ1) is 9.65. The first-order valence-corrected chi connectivity index (χ1v) is 6.44. The van der Waals surface area contributed by atoms with Crippen molar-refractivity contribution in [1.29, 1.82) is 0 Å². The van der Waals surface area contributed by atoms with Crippen molar-refractivity contribution in [2.45, 2.75) is 13.5 Å². The van der Waals surface area contributed by atoms with Gasteiger partial charge in [-0.1, -0.05) is 12.1 Å². The molecule has 0 fully saturated rings. The molecule has 0 aliphatic carbocycles. The smallest absolute Gasteiger partial charge is 0.257 e. The van der Waals surface area contributed by atoms with Crippen LogP contribution in [0.3, 0.4) is 0 Å². The first kappa shape index (κ1) is 13.9. The van der Waals surface area contributed by atoms with Crippen LogP contribution in [0.15, 0.2) is 47.4 Å². The minimum absolute atomic E-state index is 0.0823. The van der Waals surface area contributed by atoms with Crippen molar-refractivity contribution in [3.05, 3.63) is 58.5 Å². The second-order valence-electron chi connectivity index (χ2n) is 4.29. The number of carbonyl (C=O) groups excluding carboxylic acids is 1. The van der Waals surface area contributed by atoms with Gasteiger partial charge in [0.25, 0.3) is 11.5 Å². The van der Waals surface area contributed by atoms with Crippen molar-refractivity contribution in [1.82, 2.24) is 4.57 Å². The summed E-state index contributed by atoms with van der Waals surface area (Å²) >= 11 is 0. The Morgan fingerprint density at radius 1 is 1.20 bits per heavy atom. The summed E-state index contributed by atoms with van der Waals surface area (Å²) in [7, 11) is 1.77. The minimum Gasteiger partial charge on any atom is -0.387 e. The number of aromatic nitrogens is 1. The summed E-state index contributed by atoms with van der Waals surface area (Å²) in [6, 6.07) is 10.3. The van der Waals surface area contributed by atoms with Gasteiger partial charge in [-0.2, -0.15) is 0 Å². The Morgan fingerprint density at radius 2 is 1.95 bits per heavy atom. The number of anilines is 2. The molecule has 0 atom stereocenters. The monoisotopic (exact) mass is 271 g/mol. The molecule has 0 bridgehead atoms. The lowest BCUT2D eigenvalue weighted by Gasteiger charge is -2.10. The molecule has 104 valence electrons. The Labute approximate surface area is 117 Å². The van der Waals surface area contributed by atoms with Crippen molar-refractivity contribution in [3.8, 4) is 0 Å². The molecule has 20 heavy (non-hydrogen) atoms. The summed E-state index contributed by atoms with van der Waals surface area (Å²) in [6.45, 7) is 2.44. The van der Waals surface area contributed by atoms with E-state index in [1.807, 2.05) is 25.1 Å². The summed E-state index contributed by atoms with van der Waals surface area (Å²) in [6.07, 6.45) is 1.64. The van der Waals surface area contributed by atoms with Gasteiger partial charge in [0.15, 0.2) is 0 Å². The van der Waals surface area contributed by atoms with Gasteiger partial charge in [0.2, 0.25) is 0 Å². The van der Waals surface area contributed by atoms with Gasteiger partial charge in [0, 0.05) is 31.5 Å². The average Bonchev–Trinajstić information content (AvgIpc) is 2.49. The molecule has 0 spiro atoms. The van der Waals surface area contributed by atoms with Crippen molar-refractivity contribution in [2.75, 3.05) is 17.7 Å². The highest BCUT2D eigenvalue weighted by atomic mass is 16.1. The predicted octanol–water partition coefficient (Wildman–Crippen LogP) is 2.16. The van der Waals surface area contributed by atoms with Crippen LogP contribution in [0.1, 0.15) is 17.3 Å². The summed E-state index contributed by atoms with van der Waals surface area (Å²) < 4.78 is 1.54. The van der Waals surface area contributed by atoms with Crippen LogP contribution in [-0.2, 0) is 6.54 Å². The molecule has 1 heterocycles. The number of para-hydroxylation sites is 1. The molecular formula is C15H17N3O2. The predicted molar refractivity (Wildman–Crippen MR) is 80.3 cm³/mol. The fourth-order valence-electron chi connectivity index (χ4n) is 1.95. The number of nitrogens with zero attached hydrogens (tertiary/aromatic N) is 1. The summed E-state index contributed by atoms with van der Waals surface area (Å²) in [5.74, 6) is -0.212. The van der Waals surface area contributed by atoms with Gasteiger partial charge in [-0.3, -0.25) is 9.59 Å². The number of nitrogens with one attached hydrogen (secondary N) is 2. The quantitative estimate of drug-likeness (QED) is 0.895. The zero-order valence-electron chi connectivity index (χ0n) is 11.5. The molecular weight excluding hydrogens is 254 g/mol. The number of pyridine rings is 1. The van der Waals surface area contributed by atoms with Gasteiger partial charge < -0.3 is 15.2 Å². The van der Waals surface area contributed by atoms with Gasteiger partial charge in [-0.25, -0.2) is 0 Å². The number of aryl methyl sites for hydroxylation is 1. The Morgan fingerprint density at radius 3 is 2.65 bits per heavy atom. The number of carbonyl (C=O) groups is 1. The van der Waals surface area contributed by atoms with E-state index in [1.54, 1.807) is 29.9 Å². The lowest BCUT2D eigenvalue weighted by atomic mass is 10.1. The maximum atomic E-state index is 12.2. The fraction of sp³-hybridized carbons (Fsp3) is 0.200. The van der Waals surface area contributed by atoms with Gasteiger partial charge in [0.05, 0.1) is 11.3 Å². The molecule has 1 aromatic heterocycles. The molecule has 0 saturated heterocycles. The van der Waals surface area contributed by atoms with Gasteiger partial charge in [0.1, 0.15) is 0 Å². The van der Waals surface area contributed by atoms with Crippen molar-refractivity contribution < 1.29 is 4.79 Å². The number of amides is 1. The molecule has 5 nitrogen and oxygen atoms in total. The molecule has 1 amide bonds. The van der Waals surface area contributed by atoms with Crippen molar-refractivity contribution >= 4 is 17.3 Å². The molecule has 2 rings (SSSR count). The van der Waals surface area contributed by atoms with E-state index in [2.05, 4.69) is 10.6 Å². The summed E-state index contributed by atoms with van der Waals surface area (Å²) in [5, 5.41) is 5.77. The molecule has 2 aromatic rings. The van der Waals surface area contributed by atoms with Crippen LogP contribution < -0.4 is 16.2 Å². The zero-order chi connectivity index (χ0) is 14.5. The maximum absolute atomic E-state index is 12.2. The lowest BCUT2D eigenvalue weighted by Crippen LogP contribution is -2.20. The lowest BCUT2D eigenvalue weighted by molar-refractivity contribution is 0.102. The molecule has 0 radical (unpaired) electrons. The Balaban J connectivity index is 2.25. The van der Waals surface area contributed by atoms with Crippen LogP contribution in [-0.4, -0.2) is 17.5 Å². The molecule has 0 aliphatic heterocycles. The number of hydrogen-bond acceptors (Lipinski definition) is 3. The third kappa shape index (κ3) is 2.88. The number of benzene rings is 1. The van der Waals surface area contributed by atoms with Crippen LogP contribution in [0.4, 0.5) is 11.4 Å². The van der Waals surface area contributed by atoms with Crippen molar-refractivity contribution in [3.63, 3.8) is 0 Å². The van der Waals surface area contributed by atoms with Crippen LogP contribution in [0.25, 0.3) is 0 Å². The maximum Gasteiger partial charge on any atom is 0.257 e. The molecule has 5 heteroatoms. The second-order valence-corrected chi connectivity index (χ2v) is 4.29. The van der Waals surface area contributed by atoms with E-state index in [1.165, 1.54) is 6.07 Å². The Bertz CT molecular complexity index is 677. The van der Waals surface area contributed by atoms with Crippen LogP contribution in [0, 0.1) is 0 Å². The molecule has 1 aromatic carbocycles. The summed E-state index contributed by atoms with van der Waals surface area (Å²) in [5.41, 5.74) is 1.83. The Hall–Kier alpha value is -2.56. The minimum atomic E-state index is -0.212. The highest BCUT2D eigenvalue weighted by Gasteiger charge is 2.10. The van der Waals surface area contributed by atoms with E-state index in [9.17, 15) is 9.59 Å². The van der Waals surface area contributed by atoms with E-state index >= 15 is 0 Å². The van der Waals surface area contributed by atoms with Crippen molar-refractivity contribution in [2.24, 2.45) is 0 Å². The first-order valence-electron chi connectivity index (χ1n) is 6.44. The zero-order valence-corrected chi connectivity index (χ0v) is 11.5. The standard InChI is InChI=1S/C15H17N3O2/c1-3-18-10-11(8-9-14(18)19)17-15(20)12-6-4-5-7-13(12)16-2/h4-10,16H,3H2,1-2H3,(H,17,20). The van der Waals surface area contributed by atoms with E-state index in [4.69, 9.17) is 0 Å². The number of rotatable bonds is 4. The normalized spacial score (nSPS) is 10.1. The van der Waals surface area contributed by atoms with Crippen LogP contribution in [0.2, 0.25) is 0 Å². The second kappa shape index (κ2) is 6.06. The summed E-state index contributed by atoms with van der Waals surface area (Å²) in [4.78, 5) is 23.7. The third-order valence-corrected chi connectivity index (χ3v) is 3.02. The highest BCUT2D eigenvalue weighted by molar-refractivity contribution is 6.07. The average molecular weight is 271 g/mol. The van der Waals surface area contributed by atoms with Gasteiger partial charge in [-0.15, -0.1) is 0 Å². The van der Waals surface area contributed by atoms with Gasteiger partial charge >= 0.3 is 0 Å². The fourth-order valence-corrected chi connectivity index (χ4v) is 1.95. The molecule has 0 aliphatic rings. The third-order valence-electron chi connectivity index (χ3n) is 3.02. The van der Waals surface area contributed by atoms with Crippen LogP contribution >= 0.6 is 0 Å². The van der Waals surface area contributed by atoms with E-state index in [0.29, 0.717) is 17.8 Å². The SMILES string of the molecule is CCn1cc(NC(=O)c2ccccc2NC)ccc1=O. The van der Waals surface area contributed by atoms with E-state index in [0.717, 1.165) is 5.69 Å². The van der Waals surface area contributed by atoms with E-state index in [-0.39, 0.29) is 11.5 Å². The van der Waals surface area contributed by atoms with Crippen LogP contribution in [0.5, 0.6) is 0 Å². The molecule has 0 unspecified atom stereocenters. The Kier molecular flexibility index (Phi) is 4.20. The number of hydrogen-bond donors (Lipinski definition) is 2. The van der Waals surface area contributed by atoms with E-state index < -0.39 is 0 Å². The topological polar surface area (TPSA) is 63.1 Å². The van der Waals surface area contributed by atoms with Gasteiger partial charge in [-0.05, 0) is 25.1 Å². The largest absolute Gasteiger partial charge is 0.387 e. The molecule has 2 N–H and O–H groups in total. The molecule has 0 saturated carbocycles.